The summed E-state index contributed by atoms with van der Waals surface area (Å²) in [4.78, 5) is 25.6. The van der Waals surface area contributed by atoms with E-state index in [1.165, 1.54) is 49.1 Å². The van der Waals surface area contributed by atoms with Crippen LogP contribution in [0.5, 0.6) is 5.75 Å². The van der Waals surface area contributed by atoms with Crippen molar-refractivity contribution < 1.29 is 27.8 Å². The first-order chi connectivity index (χ1) is 14.8. The molecule has 2 N–H and O–H groups in total. The van der Waals surface area contributed by atoms with Gasteiger partial charge < -0.3 is 15.2 Å². The van der Waals surface area contributed by atoms with Crippen LogP contribution in [0, 0.1) is 0 Å². The third kappa shape index (κ3) is 5.72. The van der Waals surface area contributed by atoms with Crippen LogP contribution in [0.3, 0.4) is 0 Å². The van der Waals surface area contributed by atoms with Gasteiger partial charge in [-0.1, -0.05) is 0 Å². The summed E-state index contributed by atoms with van der Waals surface area (Å²) in [5, 5.41) is 20.6. The number of ether oxygens (including phenoxy) is 1. The van der Waals surface area contributed by atoms with Crippen LogP contribution in [-0.4, -0.2) is 49.1 Å². The summed E-state index contributed by atoms with van der Waals surface area (Å²) in [6.07, 6.45) is -1.95. The first-order valence-corrected chi connectivity index (χ1v) is 9.32. The smallest absolute Gasteiger partial charge is 0.406 e. The summed E-state index contributed by atoms with van der Waals surface area (Å²) in [6, 6.07) is 6.06. The molecule has 1 aromatic carbocycles. The van der Waals surface area contributed by atoms with Crippen molar-refractivity contribution in [3.63, 3.8) is 0 Å². The van der Waals surface area contributed by atoms with Gasteiger partial charge in [-0.05, 0) is 44.2 Å². The number of aliphatic hydroxyl groups is 1. The quantitative estimate of drug-likeness (QED) is 0.593. The van der Waals surface area contributed by atoms with E-state index in [0.717, 1.165) is 16.8 Å². The Morgan fingerprint density at radius 1 is 1.22 bits per heavy atom. The van der Waals surface area contributed by atoms with Crippen LogP contribution in [0.15, 0.2) is 47.5 Å². The molecule has 0 aliphatic heterocycles. The second-order valence-electron chi connectivity index (χ2n) is 7.60. The number of aryl methyl sites for hydroxylation is 1. The van der Waals surface area contributed by atoms with E-state index < -0.39 is 29.2 Å². The average Bonchev–Trinajstić information content (AvgIpc) is 3.11. The molecule has 0 saturated heterocycles. The third-order valence-corrected chi connectivity index (χ3v) is 4.16. The van der Waals surface area contributed by atoms with Crippen molar-refractivity contribution in [2.75, 3.05) is 6.54 Å². The number of nitrogens with zero attached hydrogens (tertiary/aromatic N) is 4. The van der Waals surface area contributed by atoms with Gasteiger partial charge in [0, 0.05) is 19.2 Å². The van der Waals surface area contributed by atoms with E-state index in [-0.39, 0.29) is 23.5 Å². The predicted molar refractivity (Wildman–Crippen MR) is 107 cm³/mol. The Morgan fingerprint density at radius 2 is 1.88 bits per heavy atom. The highest BCUT2D eigenvalue weighted by Gasteiger charge is 2.31. The molecular weight excluding hydrogens is 431 g/mol. The molecule has 0 aliphatic carbocycles. The van der Waals surface area contributed by atoms with E-state index in [9.17, 15) is 27.9 Å². The second-order valence-corrected chi connectivity index (χ2v) is 7.60. The number of amides is 1. The normalized spacial score (nSPS) is 12.0. The monoisotopic (exact) mass is 451 g/mol. The summed E-state index contributed by atoms with van der Waals surface area (Å²) in [5.41, 5.74) is -1.42. The van der Waals surface area contributed by atoms with Crippen molar-refractivity contribution in [1.29, 1.82) is 0 Å². The van der Waals surface area contributed by atoms with Crippen LogP contribution >= 0.6 is 0 Å². The van der Waals surface area contributed by atoms with Crippen molar-refractivity contribution in [3.05, 3.63) is 58.6 Å². The lowest BCUT2D eigenvalue weighted by atomic mass is 10.1. The van der Waals surface area contributed by atoms with Crippen LogP contribution in [0.4, 0.5) is 13.2 Å². The van der Waals surface area contributed by atoms with E-state index in [0.29, 0.717) is 5.56 Å². The zero-order chi connectivity index (χ0) is 23.7. The minimum atomic E-state index is -4.83. The minimum Gasteiger partial charge on any atom is -0.406 e. The molecule has 2 aromatic heterocycles. The number of hydrogen-bond donors (Lipinski definition) is 2. The lowest BCUT2D eigenvalue weighted by Crippen LogP contribution is -2.41. The summed E-state index contributed by atoms with van der Waals surface area (Å²) in [7, 11) is 1.63. The molecule has 3 rings (SSSR count). The van der Waals surface area contributed by atoms with Crippen molar-refractivity contribution in [2.45, 2.75) is 25.8 Å². The van der Waals surface area contributed by atoms with Gasteiger partial charge in [0.1, 0.15) is 17.0 Å². The van der Waals surface area contributed by atoms with Gasteiger partial charge in [0.2, 0.25) is 0 Å². The number of halogens is 3. The number of carbonyl (C=O) groups is 1. The van der Waals surface area contributed by atoms with Crippen molar-refractivity contribution >= 4 is 5.91 Å². The van der Waals surface area contributed by atoms with Crippen LogP contribution < -0.4 is 15.6 Å². The number of hydrogen-bond acceptors (Lipinski definition) is 6. The van der Waals surface area contributed by atoms with Crippen LogP contribution in [-0.2, 0) is 7.05 Å². The fourth-order valence-electron chi connectivity index (χ4n) is 2.71. The zero-order valence-corrected chi connectivity index (χ0v) is 17.3. The summed E-state index contributed by atoms with van der Waals surface area (Å²) < 4.78 is 43.5. The molecule has 9 nitrogen and oxygen atoms in total. The number of carbonyl (C=O) groups excluding carboxylic acids is 1. The molecule has 2 heterocycles. The van der Waals surface area contributed by atoms with Gasteiger partial charge in [-0.25, -0.2) is 0 Å². The van der Waals surface area contributed by atoms with Gasteiger partial charge in [-0.3, -0.25) is 14.3 Å². The maximum absolute atomic E-state index is 12.9. The lowest BCUT2D eigenvalue weighted by Gasteiger charge is -2.18. The fourth-order valence-corrected chi connectivity index (χ4v) is 2.71. The molecule has 170 valence electrons. The fraction of sp³-hybridized carbons (Fsp3) is 0.300. The first kappa shape index (κ1) is 23.0. The first-order valence-electron chi connectivity index (χ1n) is 9.32. The Morgan fingerprint density at radius 3 is 2.41 bits per heavy atom. The van der Waals surface area contributed by atoms with E-state index >= 15 is 0 Å². The Kier molecular flexibility index (Phi) is 6.08. The Labute approximate surface area is 180 Å². The van der Waals surface area contributed by atoms with Gasteiger partial charge in [0.05, 0.1) is 23.7 Å². The van der Waals surface area contributed by atoms with Crippen molar-refractivity contribution in [2.24, 2.45) is 7.05 Å². The molecule has 0 saturated carbocycles. The highest BCUT2D eigenvalue weighted by atomic mass is 19.4. The molecule has 0 bridgehead atoms. The maximum Gasteiger partial charge on any atom is 0.573 e. The minimum absolute atomic E-state index is 0.112. The standard InChI is InChI=1S/C20H20F3N5O4/c1-19(2,31)11-24-17(29)15-8-16(12-4-6-14(7-5-12)32-20(21,22)23)26-28(18(15)30)13-9-25-27(3)10-13/h4-10,31H,11H2,1-3H3,(H,24,29). The lowest BCUT2D eigenvalue weighted by molar-refractivity contribution is -0.274. The number of rotatable bonds is 6. The van der Waals surface area contributed by atoms with Gasteiger partial charge >= 0.3 is 6.36 Å². The molecule has 0 aliphatic rings. The van der Waals surface area contributed by atoms with E-state index in [1.807, 2.05) is 0 Å². The van der Waals surface area contributed by atoms with Crippen LogP contribution in [0.1, 0.15) is 24.2 Å². The molecule has 0 spiro atoms. The summed E-state index contributed by atoms with van der Waals surface area (Å²) in [6.45, 7) is 2.87. The largest absolute Gasteiger partial charge is 0.573 e. The average molecular weight is 451 g/mol. The number of aromatic nitrogens is 4. The van der Waals surface area contributed by atoms with Gasteiger partial charge in [-0.15, -0.1) is 13.2 Å². The molecule has 1 amide bonds. The SMILES string of the molecule is Cn1cc(-n2nc(-c3ccc(OC(F)(F)F)cc3)cc(C(=O)NCC(C)(C)O)c2=O)cn1. The van der Waals surface area contributed by atoms with Crippen molar-refractivity contribution in [1.82, 2.24) is 24.9 Å². The maximum atomic E-state index is 12.9. The molecule has 0 fully saturated rings. The summed E-state index contributed by atoms with van der Waals surface area (Å²) >= 11 is 0. The molecule has 0 unspecified atom stereocenters. The zero-order valence-electron chi connectivity index (χ0n) is 17.3. The van der Waals surface area contributed by atoms with Crippen LogP contribution in [0.2, 0.25) is 0 Å². The predicted octanol–water partition coefficient (Wildman–Crippen LogP) is 2.03. The summed E-state index contributed by atoms with van der Waals surface area (Å²) in [5.74, 6) is -1.17. The Balaban J connectivity index is 2.06. The Hall–Kier alpha value is -3.67. The molecule has 3 aromatic rings. The molecule has 32 heavy (non-hydrogen) atoms. The number of nitrogens with one attached hydrogen (secondary N) is 1. The van der Waals surface area contributed by atoms with Crippen molar-refractivity contribution in [3.8, 4) is 22.7 Å². The molecule has 12 heteroatoms. The van der Waals surface area contributed by atoms with E-state index in [2.05, 4.69) is 20.3 Å². The molecule has 0 atom stereocenters. The van der Waals surface area contributed by atoms with Gasteiger partial charge in [0.15, 0.2) is 0 Å². The van der Waals surface area contributed by atoms with Gasteiger partial charge in [-0.2, -0.15) is 14.9 Å². The highest BCUT2D eigenvalue weighted by Crippen LogP contribution is 2.26. The van der Waals surface area contributed by atoms with E-state index in [4.69, 9.17) is 0 Å². The topological polar surface area (TPSA) is 111 Å². The van der Waals surface area contributed by atoms with Crippen LogP contribution in [0.25, 0.3) is 16.9 Å². The number of benzene rings is 1. The Bertz CT molecular complexity index is 1180. The number of alkyl halides is 3. The van der Waals surface area contributed by atoms with Gasteiger partial charge in [0.25, 0.3) is 11.5 Å². The van der Waals surface area contributed by atoms with E-state index in [1.54, 1.807) is 7.05 Å². The highest BCUT2D eigenvalue weighted by molar-refractivity contribution is 5.94. The second kappa shape index (κ2) is 8.46. The molecule has 0 radical (unpaired) electrons. The third-order valence-electron chi connectivity index (χ3n) is 4.16. The molecular formula is C20H20F3N5O4.